The Labute approximate surface area is 193 Å². The summed E-state index contributed by atoms with van der Waals surface area (Å²) in [6.07, 6.45) is 0. The monoisotopic (exact) mass is 461 g/mol. The minimum atomic E-state index is -0.0593. The zero-order chi connectivity index (χ0) is 21.5. The first-order chi connectivity index (χ1) is 14.5. The summed E-state index contributed by atoms with van der Waals surface area (Å²) in [7, 11) is 3.26. The molecule has 0 aliphatic heterocycles. The Kier molecular flexibility index (Phi) is 9.30. The van der Waals surface area contributed by atoms with Crippen LogP contribution in [0.1, 0.15) is 17.5 Å². The van der Waals surface area contributed by atoms with Crippen molar-refractivity contribution in [3.8, 4) is 22.8 Å². The van der Waals surface area contributed by atoms with Gasteiger partial charge < -0.3 is 14.8 Å². The fourth-order valence-corrected chi connectivity index (χ4v) is 3.78. The van der Waals surface area contributed by atoms with E-state index in [1.165, 1.54) is 0 Å². The summed E-state index contributed by atoms with van der Waals surface area (Å²) in [6, 6.07) is 13.5. The number of nitrogens with zero attached hydrogens (tertiary/aromatic N) is 2. The Bertz CT molecular complexity index is 1010. The molecule has 0 radical (unpaired) electrons. The Morgan fingerprint density at radius 2 is 1.97 bits per heavy atom. The molecule has 0 aliphatic rings. The van der Waals surface area contributed by atoms with Gasteiger partial charge in [0.2, 0.25) is 5.91 Å². The van der Waals surface area contributed by atoms with Crippen molar-refractivity contribution in [2.45, 2.75) is 20.4 Å². The van der Waals surface area contributed by atoms with Gasteiger partial charge >= 0.3 is 0 Å². The van der Waals surface area contributed by atoms with Gasteiger partial charge in [0.25, 0.3) is 0 Å². The van der Waals surface area contributed by atoms with Crippen molar-refractivity contribution in [1.82, 2.24) is 9.88 Å². The maximum Gasteiger partial charge on any atom is 0.238 e. The highest BCUT2D eigenvalue weighted by molar-refractivity contribution is 7.09. The van der Waals surface area contributed by atoms with E-state index in [0.29, 0.717) is 6.54 Å². The molecule has 166 valence electrons. The molecule has 0 unspecified atom stereocenters. The van der Waals surface area contributed by atoms with Gasteiger partial charge in [-0.25, -0.2) is 4.98 Å². The van der Waals surface area contributed by atoms with Gasteiger partial charge in [0.1, 0.15) is 11.5 Å². The Hall–Kier alpha value is -2.61. The van der Waals surface area contributed by atoms with Gasteiger partial charge in [0.15, 0.2) is 0 Å². The zero-order valence-electron chi connectivity index (χ0n) is 18.2. The number of ether oxygens (including phenoxy) is 2. The van der Waals surface area contributed by atoms with Crippen LogP contribution in [0, 0.1) is 6.92 Å². The molecule has 1 heterocycles. The molecule has 6 nitrogen and oxygen atoms in total. The predicted molar refractivity (Wildman–Crippen MR) is 129 cm³/mol. The number of anilines is 1. The average molecular weight is 462 g/mol. The Morgan fingerprint density at radius 1 is 1.16 bits per heavy atom. The molecule has 0 saturated heterocycles. The summed E-state index contributed by atoms with van der Waals surface area (Å²) < 4.78 is 10.7. The summed E-state index contributed by atoms with van der Waals surface area (Å²) in [4.78, 5) is 19.2. The summed E-state index contributed by atoms with van der Waals surface area (Å²) in [5.41, 5.74) is 3.69. The Morgan fingerprint density at radius 3 is 2.61 bits per heavy atom. The number of benzene rings is 2. The largest absolute Gasteiger partial charge is 0.497 e. The number of carbonyl (C=O) groups excluding carboxylic acids is 1. The van der Waals surface area contributed by atoms with Crippen molar-refractivity contribution in [2.75, 3.05) is 32.6 Å². The normalized spacial score (nSPS) is 10.5. The van der Waals surface area contributed by atoms with Crippen molar-refractivity contribution >= 4 is 35.3 Å². The van der Waals surface area contributed by atoms with Crippen LogP contribution in [-0.4, -0.2) is 43.1 Å². The fourth-order valence-electron chi connectivity index (χ4n) is 3.16. The van der Waals surface area contributed by atoms with Crippen molar-refractivity contribution in [1.29, 1.82) is 0 Å². The van der Waals surface area contributed by atoms with E-state index in [1.807, 2.05) is 61.7 Å². The minimum Gasteiger partial charge on any atom is -0.497 e. The van der Waals surface area contributed by atoms with Gasteiger partial charge in [0.05, 0.1) is 31.5 Å². The van der Waals surface area contributed by atoms with E-state index in [-0.39, 0.29) is 24.9 Å². The van der Waals surface area contributed by atoms with E-state index in [9.17, 15) is 4.79 Å². The van der Waals surface area contributed by atoms with Gasteiger partial charge in [-0.3, -0.25) is 9.69 Å². The highest BCUT2D eigenvalue weighted by Gasteiger charge is 2.14. The molecular weight excluding hydrogens is 434 g/mol. The first-order valence-corrected chi connectivity index (χ1v) is 10.7. The van der Waals surface area contributed by atoms with Crippen molar-refractivity contribution in [2.24, 2.45) is 0 Å². The van der Waals surface area contributed by atoms with Crippen LogP contribution in [0.5, 0.6) is 11.5 Å². The molecule has 0 bridgehead atoms. The third-order valence-corrected chi connectivity index (χ3v) is 5.54. The van der Waals surface area contributed by atoms with E-state index in [4.69, 9.17) is 9.47 Å². The molecule has 8 heteroatoms. The molecule has 1 amide bonds. The summed E-state index contributed by atoms with van der Waals surface area (Å²) in [5.74, 6) is 1.43. The number of likely N-dealkylation sites (N-methyl/N-ethyl adjacent to an activating group) is 1. The summed E-state index contributed by atoms with van der Waals surface area (Å²) >= 11 is 1.61. The highest BCUT2D eigenvalue weighted by atomic mass is 35.5. The van der Waals surface area contributed by atoms with E-state index < -0.39 is 0 Å². The second kappa shape index (κ2) is 11.7. The number of aryl methyl sites for hydroxylation is 1. The van der Waals surface area contributed by atoms with E-state index in [1.54, 1.807) is 25.6 Å². The number of aromatic nitrogens is 1. The van der Waals surface area contributed by atoms with Crippen LogP contribution in [-0.2, 0) is 11.3 Å². The molecule has 0 saturated carbocycles. The highest BCUT2D eigenvalue weighted by Crippen LogP contribution is 2.26. The molecular formula is C23H28ClN3O3S. The number of rotatable bonds is 9. The number of hydrogen-bond acceptors (Lipinski definition) is 6. The summed E-state index contributed by atoms with van der Waals surface area (Å²) in [5, 5.41) is 6.05. The second-order valence-electron chi connectivity index (χ2n) is 6.86. The van der Waals surface area contributed by atoms with Gasteiger partial charge in [-0.15, -0.1) is 23.7 Å². The van der Waals surface area contributed by atoms with Crippen molar-refractivity contribution in [3.05, 3.63) is 58.4 Å². The van der Waals surface area contributed by atoms with E-state index in [0.717, 1.165) is 45.6 Å². The van der Waals surface area contributed by atoms with Crippen LogP contribution in [0.4, 0.5) is 5.69 Å². The number of carbonyl (C=O) groups is 1. The van der Waals surface area contributed by atoms with Gasteiger partial charge in [-0.05, 0) is 31.7 Å². The fraction of sp³-hybridized carbons (Fsp3) is 0.304. The molecule has 1 aromatic heterocycles. The van der Waals surface area contributed by atoms with E-state index in [2.05, 4.69) is 15.2 Å². The lowest BCUT2D eigenvalue weighted by Gasteiger charge is -2.21. The number of nitrogens with one attached hydrogen (secondary N) is 1. The van der Waals surface area contributed by atoms with Crippen LogP contribution < -0.4 is 14.8 Å². The van der Waals surface area contributed by atoms with E-state index >= 15 is 0 Å². The smallest absolute Gasteiger partial charge is 0.238 e. The molecule has 0 spiro atoms. The molecule has 2 aromatic carbocycles. The van der Waals surface area contributed by atoms with Gasteiger partial charge in [-0.2, -0.15) is 0 Å². The topological polar surface area (TPSA) is 63.7 Å². The lowest BCUT2D eigenvalue weighted by molar-refractivity contribution is -0.117. The zero-order valence-corrected chi connectivity index (χ0v) is 19.8. The number of thiazole rings is 1. The maximum absolute atomic E-state index is 12.7. The van der Waals surface area contributed by atoms with Crippen LogP contribution in [0.15, 0.2) is 47.8 Å². The lowest BCUT2D eigenvalue weighted by Crippen LogP contribution is -2.32. The molecule has 1 N–H and O–H groups in total. The minimum absolute atomic E-state index is 0. The predicted octanol–water partition coefficient (Wildman–Crippen LogP) is 5.02. The maximum atomic E-state index is 12.7. The SMILES string of the molecule is CCN(CC(=O)Nc1cccc(-c2csc(C)n2)c1)Cc1ccc(OC)cc1OC.Cl. The number of halogens is 1. The Balaban J connectivity index is 0.00000341. The molecule has 31 heavy (non-hydrogen) atoms. The standard InChI is InChI=1S/C23H27N3O3S.ClH/c1-5-26(13-18-9-10-20(28-3)12-22(18)29-4)14-23(27)25-19-8-6-7-17(11-19)21-15-30-16(2)24-21;/h6-12,15H,5,13-14H2,1-4H3,(H,25,27);1H. The third-order valence-electron chi connectivity index (χ3n) is 4.76. The van der Waals surface area contributed by atoms with Crippen LogP contribution in [0.3, 0.4) is 0 Å². The molecule has 3 rings (SSSR count). The quantitative estimate of drug-likeness (QED) is 0.484. The van der Waals surface area contributed by atoms with Crippen LogP contribution in [0.25, 0.3) is 11.3 Å². The van der Waals surface area contributed by atoms with Gasteiger partial charge in [0, 0.05) is 34.8 Å². The lowest BCUT2D eigenvalue weighted by atomic mass is 10.1. The molecule has 0 fully saturated rings. The first-order valence-electron chi connectivity index (χ1n) is 9.78. The van der Waals surface area contributed by atoms with Crippen molar-refractivity contribution < 1.29 is 14.3 Å². The van der Waals surface area contributed by atoms with Crippen LogP contribution >= 0.6 is 23.7 Å². The third kappa shape index (κ3) is 6.69. The number of amides is 1. The number of hydrogen-bond donors (Lipinski definition) is 1. The molecule has 3 aromatic rings. The molecule has 0 aliphatic carbocycles. The van der Waals surface area contributed by atoms with Crippen molar-refractivity contribution in [3.63, 3.8) is 0 Å². The second-order valence-corrected chi connectivity index (χ2v) is 7.92. The number of methoxy groups -OCH3 is 2. The first kappa shape index (κ1) is 24.7. The van der Waals surface area contributed by atoms with Crippen LogP contribution in [0.2, 0.25) is 0 Å². The molecule has 0 atom stereocenters. The average Bonchev–Trinajstić information content (AvgIpc) is 3.20. The summed E-state index contributed by atoms with van der Waals surface area (Å²) in [6.45, 7) is 5.65. The van der Waals surface area contributed by atoms with Gasteiger partial charge in [-0.1, -0.05) is 25.1 Å².